The van der Waals surface area contributed by atoms with E-state index in [1.807, 2.05) is 6.92 Å². The third-order valence-electron chi connectivity index (χ3n) is 2.83. The largest absolute Gasteiger partial charge is 0.444 e. The molecule has 1 aliphatic heterocycles. The van der Waals surface area contributed by atoms with Crippen molar-refractivity contribution >= 4 is 11.8 Å². The number of amides is 2. The van der Waals surface area contributed by atoms with Crippen molar-refractivity contribution in [2.45, 2.75) is 32.4 Å². The Kier molecular flexibility index (Phi) is 3.23. The highest BCUT2D eigenvalue weighted by Gasteiger charge is 2.35. The van der Waals surface area contributed by atoms with Crippen LogP contribution in [0.2, 0.25) is 0 Å². The number of carbonyl (C=O) groups excluding carboxylic acids is 2. The number of likely N-dealkylation sites (tertiary alicyclic amines) is 1. The lowest BCUT2D eigenvalue weighted by atomic mass is 10.2. The van der Waals surface area contributed by atoms with Crippen molar-refractivity contribution in [1.29, 1.82) is 0 Å². The van der Waals surface area contributed by atoms with Gasteiger partial charge in [0.1, 0.15) is 5.76 Å². The highest BCUT2D eigenvalue weighted by atomic mass is 16.4. The number of likely N-dealkylation sites (N-methyl/N-ethyl adjacent to an activating group) is 1. The van der Waals surface area contributed by atoms with Crippen LogP contribution in [0.25, 0.3) is 0 Å². The molecule has 0 spiro atoms. The predicted molar refractivity (Wildman–Crippen MR) is 58.9 cm³/mol. The second kappa shape index (κ2) is 4.67. The normalized spacial score (nSPS) is 20.4. The molecule has 1 atom stereocenters. The molecule has 0 saturated carbocycles. The third kappa shape index (κ3) is 2.36. The number of rotatable bonds is 4. The van der Waals surface area contributed by atoms with E-state index in [2.05, 4.69) is 10.3 Å². The maximum absolute atomic E-state index is 11.6. The number of imide groups is 1. The molecule has 1 unspecified atom stereocenters. The number of oxazole rings is 1. The first-order chi connectivity index (χ1) is 8.11. The van der Waals surface area contributed by atoms with E-state index in [0.717, 1.165) is 17.1 Å². The molecule has 0 aromatic carbocycles. The summed E-state index contributed by atoms with van der Waals surface area (Å²) in [6.45, 7) is 2.34. The molecule has 1 aromatic heterocycles. The van der Waals surface area contributed by atoms with Crippen molar-refractivity contribution in [2.24, 2.45) is 0 Å². The first-order valence-electron chi connectivity index (χ1n) is 5.59. The SMILES string of the molecule is CCc1cnc(CNC2CC(=O)N(C)C2=O)o1. The van der Waals surface area contributed by atoms with E-state index < -0.39 is 6.04 Å². The molecular formula is C11H15N3O3. The van der Waals surface area contributed by atoms with Crippen LogP contribution in [0.3, 0.4) is 0 Å². The maximum atomic E-state index is 11.6. The number of carbonyl (C=O) groups is 2. The molecule has 0 radical (unpaired) electrons. The van der Waals surface area contributed by atoms with Crippen LogP contribution in [0.5, 0.6) is 0 Å². The predicted octanol–water partition coefficient (Wildman–Crippen LogP) is 0.0839. The molecule has 2 heterocycles. The number of aromatic nitrogens is 1. The van der Waals surface area contributed by atoms with Crippen molar-refractivity contribution in [1.82, 2.24) is 15.2 Å². The van der Waals surface area contributed by atoms with Crippen molar-refractivity contribution in [3.05, 3.63) is 17.8 Å². The Balaban J connectivity index is 1.90. The van der Waals surface area contributed by atoms with Crippen LogP contribution in [-0.4, -0.2) is 34.8 Å². The number of nitrogens with one attached hydrogen (secondary N) is 1. The molecule has 1 aliphatic rings. The summed E-state index contributed by atoms with van der Waals surface area (Å²) in [6, 6.07) is -0.454. The maximum Gasteiger partial charge on any atom is 0.246 e. The first-order valence-corrected chi connectivity index (χ1v) is 5.59. The summed E-state index contributed by atoms with van der Waals surface area (Å²) in [4.78, 5) is 28.1. The Labute approximate surface area is 99.0 Å². The minimum Gasteiger partial charge on any atom is -0.444 e. The van der Waals surface area contributed by atoms with Crippen LogP contribution in [0.4, 0.5) is 0 Å². The smallest absolute Gasteiger partial charge is 0.246 e. The lowest BCUT2D eigenvalue weighted by molar-refractivity contribution is -0.137. The van der Waals surface area contributed by atoms with E-state index in [4.69, 9.17) is 4.42 Å². The van der Waals surface area contributed by atoms with E-state index in [-0.39, 0.29) is 18.2 Å². The first kappa shape index (κ1) is 11.8. The van der Waals surface area contributed by atoms with Gasteiger partial charge in [0.25, 0.3) is 0 Å². The van der Waals surface area contributed by atoms with E-state index in [9.17, 15) is 9.59 Å². The monoisotopic (exact) mass is 237 g/mol. The van der Waals surface area contributed by atoms with E-state index in [0.29, 0.717) is 12.4 Å². The van der Waals surface area contributed by atoms with Crippen LogP contribution in [0.15, 0.2) is 10.6 Å². The van der Waals surface area contributed by atoms with Gasteiger partial charge in [0.2, 0.25) is 17.7 Å². The zero-order chi connectivity index (χ0) is 12.4. The average molecular weight is 237 g/mol. The Morgan fingerprint density at radius 2 is 2.35 bits per heavy atom. The lowest BCUT2D eigenvalue weighted by Gasteiger charge is -2.08. The van der Waals surface area contributed by atoms with Gasteiger partial charge in [-0.2, -0.15) is 0 Å². The number of aryl methyl sites for hydroxylation is 1. The van der Waals surface area contributed by atoms with Crippen LogP contribution < -0.4 is 5.32 Å². The molecule has 1 fully saturated rings. The summed E-state index contributed by atoms with van der Waals surface area (Å²) in [6.07, 6.45) is 2.66. The van der Waals surface area contributed by atoms with Gasteiger partial charge in [-0.25, -0.2) is 4.98 Å². The fraction of sp³-hybridized carbons (Fsp3) is 0.545. The molecule has 1 aromatic rings. The van der Waals surface area contributed by atoms with Gasteiger partial charge in [0.15, 0.2) is 0 Å². The zero-order valence-electron chi connectivity index (χ0n) is 9.90. The molecule has 6 heteroatoms. The minimum absolute atomic E-state index is 0.158. The van der Waals surface area contributed by atoms with Crippen LogP contribution in [0, 0.1) is 0 Å². The molecular weight excluding hydrogens is 222 g/mol. The van der Waals surface area contributed by atoms with E-state index in [1.165, 1.54) is 7.05 Å². The van der Waals surface area contributed by atoms with Gasteiger partial charge in [0, 0.05) is 13.5 Å². The quantitative estimate of drug-likeness (QED) is 0.751. The highest BCUT2D eigenvalue weighted by molar-refractivity contribution is 6.05. The van der Waals surface area contributed by atoms with E-state index >= 15 is 0 Å². The van der Waals surface area contributed by atoms with Crippen molar-refractivity contribution in [2.75, 3.05) is 7.05 Å². The van der Waals surface area contributed by atoms with Gasteiger partial charge in [-0.3, -0.25) is 19.8 Å². The van der Waals surface area contributed by atoms with Crippen LogP contribution in [-0.2, 0) is 22.6 Å². The van der Waals surface area contributed by atoms with Gasteiger partial charge < -0.3 is 4.42 Å². The van der Waals surface area contributed by atoms with Crippen molar-refractivity contribution in [3.63, 3.8) is 0 Å². The zero-order valence-corrected chi connectivity index (χ0v) is 9.90. The molecule has 92 valence electrons. The van der Waals surface area contributed by atoms with Crippen LogP contribution >= 0.6 is 0 Å². The second-order valence-electron chi connectivity index (χ2n) is 4.00. The molecule has 2 rings (SSSR count). The summed E-state index contributed by atoms with van der Waals surface area (Å²) >= 11 is 0. The third-order valence-corrected chi connectivity index (χ3v) is 2.83. The Bertz CT molecular complexity index is 441. The van der Waals surface area contributed by atoms with Gasteiger partial charge in [-0.05, 0) is 0 Å². The standard InChI is InChI=1S/C11H15N3O3/c1-3-7-5-13-9(17-7)6-12-8-4-10(15)14(2)11(8)16/h5,8,12H,3-4,6H2,1-2H3. The molecule has 17 heavy (non-hydrogen) atoms. The summed E-state index contributed by atoms with van der Waals surface area (Å²) in [5.41, 5.74) is 0. The Morgan fingerprint density at radius 1 is 1.59 bits per heavy atom. The molecule has 0 aliphatic carbocycles. The fourth-order valence-electron chi connectivity index (χ4n) is 1.72. The highest BCUT2D eigenvalue weighted by Crippen LogP contribution is 2.11. The molecule has 1 saturated heterocycles. The average Bonchev–Trinajstić information content (AvgIpc) is 2.88. The number of hydrogen-bond acceptors (Lipinski definition) is 5. The van der Waals surface area contributed by atoms with E-state index in [1.54, 1.807) is 6.20 Å². The molecule has 0 bridgehead atoms. The Morgan fingerprint density at radius 3 is 2.88 bits per heavy atom. The lowest BCUT2D eigenvalue weighted by Crippen LogP contribution is -2.36. The summed E-state index contributed by atoms with van der Waals surface area (Å²) in [7, 11) is 1.49. The van der Waals surface area contributed by atoms with Gasteiger partial charge in [-0.15, -0.1) is 0 Å². The molecule has 6 nitrogen and oxygen atoms in total. The minimum atomic E-state index is -0.454. The van der Waals surface area contributed by atoms with Crippen molar-refractivity contribution < 1.29 is 14.0 Å². The molecule has 1 N–H and O–H groups in total. The second-order valence-corrected chi connectivity index (χ2v) is 4.00. The van der Waals surface area contributed by atoms with Gasteiger partial charge in [0.05, 0.1) is 25.2 Å². The number of nitrogens with zero attached hydrogens (tertiary/aromatic N) is 2. The topological polar surface area (TPSA) is 75.4 Å². The van der Waals surface area contributed by atoms with Crippen LogP contribution in [0.1, 0.15) is 25.0 Å². The van der Waals surface area contributed by atoms with Crippen molar-refractivity contribution in [3.8, 4) is 0 Å². The van der Waals surface area contributed by atoms with Gasteiger partial charge in [-0.1, -0.05) is 6.92 Å². The number of hydrogen-bond donors (Lipinski definition) is 1. The fourth-order valence-corrected chi connectivity index (χ4v) is 1.72. The summed E-state index contributed by atoms with van der Waals surface area (Å²) in [5, 5.41) is 2.98. The summed E-state index contributed by atoms with van der Waals surface area (Å²) < 4.78 is 5.40. The Hall–Kier alpha value is -1.69. The van der Waals surface area contributed by atoms with Gasteiger partial charge >= 0.3 is 0 Å². The summed E-state index contributed by atoms with van der Waals surface area (Å²) in [5.74, 6) is 0.996. The molecule has 2 amide bonds.